The SMILES string of the molecule is O=C(NCCNC(=O)C1CCN(CC(F)(F)F)CC1)c1ccc(C(F)(F)F)cc1. The van der Waals surface area contributed by atoms with Crippen LogP contribution in [0.5, 0.6) is 0 Å². The molecule has 1 aromatic carbocycles. The molecule has 162 valence electrons. The van der Waals surface area contributed by atoms with E-state index in [1.54, 1.807) is 0 Å². The van der Waals surface area contributed by atoms with E-state index < -0.39 is 30.4 Å². The predicted octanol–water partition coefficient (Wildman–Crippen LogP) is 2.83. The van der Waals surface area contributed by atoms with Gasteiger partial charge < -0.3 is 10.6 Å². The van der Waals surface area contributed by atoms with Gasteiger partial charge in [-0.05, 0) is 50.2 Å². The first kappa shape index (κ1) is 23.0. The van der Waals surface area contributed by atoms with E-state index >= 15 is 0 Å². The smallest absolute Gasteiger partial charge is 0.354 e. The lowest BCUT2D eigenvalue weighted by molar-refractivity contribution is -0.149. The number of halogens is 6. The largest absolute Gasteiger partial charge is 0.416 e. The Hall–Kier alpha value is -2.30. The minimum absolute atomic E-state index is 0.0568. The van der Waals surface area contributed by atoms with E-state index in [0.717, 1.165) is 24.3 Å². The lowest BCUT2D eigenvalue weighted by atomic mass is 9.96. The molecule has 0 bridgehead atoms. The maximum absolute atomic E-state index is 12.5. The fourth-order valence-corrected chi connectivity index (χ4v) is 3.03. The van der Waals surface area contributed by atoms with E-state index in [1.807, 2.05) is 0 Å². The van der Waals surface area contributed by atoms with Crippen LogP contribution in [0.2, 0.25) is 0 Å². The number of alkyl halides is 6. The Morgan fingerprint density at radius 1 is 0.931 bits per heavy atom. The molecule has 29 heavy (non-hydrogen) atoms. The van der Waals surface area contributed by atoms with Gasteiger partial charge in [-0.1, -0.05) is 0 Å². The van der Waals surface area contributed by atoms with Crippen LogP contribution in [0.1, 0.15) is 28.8 Å². The summed E-state index contributed by atoms with van der Waals surface area (Å²) in [5, 5.41) is 5.09. The number of likely N-dealkylation sites (tertiary alicyclic amines) is 1. The maximum atomic E-state index is 12.5. The van der Waals surface area contributed by atoms with Gasteiger partial charge in [0.15, 0.2) is 0 Å². The predicted molar refractivity (Wildman–Crippen MR) is 92.0 cm³/mol. The summed E-state index contributed by atoms with van der Waals surface area (Å²) in [7, 11) is 0. The summed E-state index contributed by atoms with van der Waals surface area (Å²) in [5.41, 5.74) is -0.802. The molecule has 0 aliphatic carbocycles. The van der Waals surface area contributed by atoms with Gasteiger partial charge in [-0.25, -0.2) is 0 Å². The topological polar surface area (TPSA) is 61.4 Å². The zero-order valence-electron chi connectivity index (χ0n) is 15.4. The number of carbonyl (C=O) groups excluding carboxylic acids is 2. The summed E-state index contributed by atoms with van der Waals surface area (Å²) in [6.45, 7) is -0.450. The molecule has 0 unspecified atom stereocenters. The second kappa shape index (κ2) is 9.47. The Morgan fingerprint density at radius 2 is 1.48 bits per heavy atom. The Kier molecular flexibility index (Phi) is 7.50. The number of hydrogen-bond donors (Lipinski definition) is 2. The van der Waals surface area contributed by atoms with Crippen LogP contribution < -0.4 is 10.6 Å². The number of hydrogen-bond acceptors (Lipinski definition) is 3. The van der Waals surface area contributed by atoms with Gasteiger partial charge >= 0.3 is 12.4 Å². The van der Waals surface area contributed by atoms with Crippen molar-refractivity contribution in [2.75, 3.05) is 32.7 Å². The first-order valence-corrected chi connectivity index (χ1v) is 8.98. The summed E-state index contributed by atoms with van der Waals surface area (Å²) in [4.78, 5) is 25.2. The van der Waals surface area contributed by atoms with Gasteiger partial charge in [-0.2, -0.15) is 26.3 Å². The number of benzene rings is 1. The highest BCUT2D eigenvalue weighted by atomic mass is 19.4. The summed E-state index contributed by atoms with van der Waals surface area (Å²) in [5.74, 6) is -1.25. The van der Waals surface area contributed by atoms with Gasteiger partial charge in [0.25, 0.3) is 5.91 Å². The molecule has 1 fully saturated rings. The van der Waals surface area contributed by atoms with Crippen LogP contribution in [0, 0.1) is 5.92 Å². The Morgan fingerprint density at radius 3 is 2.00 bits per heavy atom. The molecular weight excluding hydrogens is 404 g/mol. The first-order valence-electron chi connectivity index (χ1n) is 8.98. The lowest BCUT2D eigenvalue weighted by Crippen LogP contribution is -2.44. The number of amides is 2. The van der Waals surface area contributed by atoms with Crippen molar-refractivity contribution in [3.63, 3.8) is 0 Å². The first-order chi connectivity index (χ1) is 13.5. The summed E-state index contributed by atoms with van der Waals surface area (Å²) < 4.78 is 74.6. The van der Waals surface area contributed by atoms with Crippen molar-refractivity contribution in [2.24, 2.45) is 5.92 Å². The van der Waals surface area contributed by atoms with Crippen LogP contribution in [0.4, 0.5) is 26.3 Å². The highest BCUT2D eigenvalue weighted by molar-refractivity contribution is 5.94. The normalized spacial score (nSPS) is 16.5. The molecule has 2 amide bonds. The number of rotatable bonds is 6. The van der Waals surface area contributed by atoms with Gasteiger partial charge in [-0.15, -0.1) is 0 Å². The van der Waals surface area contributed by atoms with Gasteiger partial charge in [0, 0.05) is 24.6 Å². The van der Waals surface area contributed by atoms with Gasteiger partial charge in [0.2, 0.25) is 5.91 Å². The van der Waals surface area contributed by atoms with E-state index in [-0.39, 0.29) is 43.6 Å². The van der Waals surface area contributed by atoms with Crippen LogP contribution in [0.15, 0.2) is 24.3 Å². The zero-order valence-corrected chi connectivity index (χ0v) is 15.4. The zero-order chi connectivity index (χ0) is 21.7. The van der Waals surface area contributed by atoms with Gasteiger partial charge in [0.1, 0.15) is 0 Å². The highest BCUT2D eigenvalue weighted by Crippen LogP contribution is 2.29. The van der Waals surface area contributed by atoms with Crippen molar-refractivity contribution in [2.45, 2.75) is 25.2 Å². The summed E-state index contributed by atoms with van der Waals surface area (Å²) in [6.07, 6.45) is -8.11. The fraction of sp³-hybridized carbons (Fsp3) is 0.556. The molecule has 11 heteroatoms. The van der Waals surface area contributed by atoms with Crippen molar-refractivity contribution in [1.29, 1.82) is 0 Å². The summed E-state index contributed by atoms with van der Waals surface area (Å²) >= 11 is 0. The third kappa shape index (κ3) is 7.56. The second-order valence-corrected chi connectivity index (χ2v) is 6.79. The Balaban J connectivity index is 1.67. The fourth-order valence-electron chi connectivity index (χ4n) is 3.03. The molecule has 2 N–H and O–H groups in total. The molecule has 1 heterocycles. The van der Waals surface area contributed by atoms with Crippen molar-refractivity contribution in [3.05, 3.63) is 35.4 Å². The molecule has 1 saturated heterocycles. The van der Waals surface area contributed by atoms with Crippen LogP contribution in [0.25, 0.3) is 0 Å². The van der Waals surface area contributed by atoms with Crippen LogP contribution >= 0.6 is 0 Å². The van der Waals surface area contributed by atoms with E-state index in [2.05, 4.69) is 10.6 Å². The standard InChI is InChI=1S/C18H21F6N3O2/c19-17(20,21)11-27-9-5-13(6-10-27)16(29)26-8-7-25-15(28)12-1-3-14(4-2-12)18(22,23)24/h1-4,13H,5-11H2,(H,25,28)(H,26,29). The molecule has 2 rings (SSSR count). The Labute approximate surface area is 163 Å². The molecule has 0 aromatic heterocycles. The van der Waals surface area contributed by atoms with Crippen molar-refractivity contribution in [1.82, 2.24) is 15.5 Å². The van der Waals surface area contributed by atoms with Crippen molar-refractivity contribution in [3.8, 4) is 0 Å². The number of nitrogens with zero attached hydrogens (tertiary/aromatic N) is 1. The van der Waals surface area contributed by atoms with E-state index in [4.69, 9.17) is 0 Å². The van der Waals surface area contributed by atoms with Gasteiger partial charge in [-0.3, -0.25) is 14.5 Å². The summed E-state index contributed by atoms with van der Waals surface area (Å²) in [6, 6.07) is 3.74. The Bertz CT molecular complexity index is 695. The third-order valence-corrected chi connectivity index (χ3v) is 4.55. The van der Waals surface area contributed by atoms with E-state index in [9.17, 15) is 35.9 Å². The van der Waals surface area contributed by atoms with E-state index in [1.165, 1.54) is 4.90 Å². The van der Waals surface area contributed by atoms with Gasteiger partial charge in [0.05, 0.1) is 12.1 Å². The quantitative estimate of drug-likeness (QED) is 0.545. The number of nitrogens with one attached hydrogen (secondary N) is 2. The van der Waals surface area contributed by atoms with Crippen molar-refractivity contribution < 1.29 is 35.9 Å². The maximum Gasteiger partial charge on any atom is 0.416 e. The highest BCUT2D eigenvalue weighted by Gasteiger charge is 2.34. The molecule has 0 spiro atoms. The monoisotopic (exact) mass is 425 g/mol. The van der Waals surface area contributed by atoms with Crippen LogP contribution in [-0.2, 0) is 11.0 Å². The molecule has 1 aliphatic rings. The van der Waals surface area contributed by atoms with E-state index in [0.29, 0.717) is 12.8 Å². The second-order valence-electron chi connectivity index (χ2n) is 6.79. The molecule has 0 atom stereocenters. The molecule has 5 nitrogen and oxygen atoms in total. The minimum Gasteiger partial charge on any atom is -0.354 e. The minimum atomic E-state index is -4.48. The molecule has 1 aromatic rings. The molecule has 0 radical (unpaired) electrons. The molecule has 1 aliphatic heterocycles. The number of carbonyl (C=O) groups is 2. The number of piperidine rings is 1. The van der Waals surface area contributed by atoms with Crippen LogP contribution in [-0.4, -0.2) is 55.6 Å². The van der Waals surface area contributed by atoms with Crippen molar-refractivity contribution >= 4 is 11.8 Å². The third-order valence-electron chi connectivity index (χ3n) is 4.55. The average Bonchev–Trinajstić information content (AvgIpc) is 2.63. The molecular formula is C18H21F6N3O2. The molecule has 0 saturated carbocycles. The average molecular weight is 425 g/mol. The van der Waals surface area contributed by atoms with Crippen LogP contribution in [0.3, 0.4) is 0 Å². The lowest BCUT2D eigenvalue weighted by Gasteiger charge is -2.31.